The van der Waals surface area contributed by atoms with Crippen molar-refractivity contribution in [3.05, 3.63) is 53.7 Å². The highest BCUT2D eigenvalue weighted by Crippen LogP contribution is 2.05. The summed E-state index contributed by atoms with van der Waals surface area (Å²) < 4.78 is 0. The van der Waals surface area contributed by atoms with Crippen molar-refractivity contribution in [2.75, 3.05) is 12.4 Å². The fraction of sp³-hybridized carbons (Fsp3) is 0.154. The zero-order chi connectivity index (χ0) is 12.8. The topological polar surface area (TPSA) is 66.9 Å². The SMILES string of the molecule is CNC(=O)c1ccc(NCc2ccccc2)nn1. The summed E-state index contributed by atoms with van der Waals surface area (Å²) in [4.78, 5) is 11.3. The van der Waals surface area contributed by atoms with Crippen LogP contribution in [0.3, 0.4) is 0 Å². The molecule has 0 spiro atoms. The lowest BCUT2D eigenvalue weighted by Crippen LogP contribution is -2.19. The molecule has 0 unspecified atom stereocenters. The van der Waals surface area contributed by atoms with Crippen LogP contribution in [0.4, 0.5) is 5.82 Å². The van der Waals surface area contributed by atoms with Crippen molar-refractivity contribution >= 4 is 11.7 Å². The molecule has 18 heavy (non-hydrogen) atoms. The average Bonchev–Trinajstić information content (AvgIpc) is 2.46. The van der Waals surface area contributed by atoms with Crippen LogP contribution in [0.15, 0.2) is 42.5 Å². The van der Waals surface area contributed by atoms with E-state index in [1.165, 1.54) is 0 Å². The van der Waals surface area contributed by atoms with Crippen LogP contribution in [0.5, 0.6) is 0 Å². The zero-order valence-electron chi connectivity index (χ0n) is 10.1. The van der Waals surface area contributed by atoms with Gasteiger partial charge in [-0.15, -0.1) is 10.2 Å². The minimum absolute atomic E-state index is 0.239. The molecular formula is C13H14N4O. The Kier molecular flexibility index (Phi) is 3.86. The summed E-state index contributed by atoms with van der Waals surface area (Å²) >= 11 is 0. The molecule has 0 saturated heterocycles. The number of carbonyl (C=O) groups is 1. The number of amides is 1. The maximum Gasteiger partial charge on any atom is 0.271 e. The maximum atomic E-state index is 11.3. The molecular weight excluding hydrogens is 228 g/mol. The number of anilines is 1. The van der Waals surface area contributed by atoms with Crippen molar-refractivity contribution in [2.24, 2.45) is 0 Å². The molecule has 1 heterocycles. The van der Waals surface area contributed by atoms with Crippen LogP contribution in [0, 0.1) is 0 Å². The van der Waals surface area contributed by atoms with Gasteiger partial charge in [0.1, 0.15) is 5.82 Å². The summed E-state index contributed by atoms with van der Waals surface area (Å²) in [6.07, 6.45) is 0. The Hall–Kier alpha value is -2.43. The van der Waals surface area contributed by atoms with E-state index in [1.54, 1.807) is 19.2 Å². The largest absolute Gasteiger partial charge is 0.365 e. The second-order valence-corrected chi connectivity index (χ2v) is 3.72. The van der Waals surface area contributed by atoms with Crippen LogP contribution >= 0.6 is 0 Å². The third-order valence-corrected chi connectivity index (χ3v) is 2.44. The molecule has 92 valence electrons. The fourth-order valence-corrected chi connectivity index (χ4v) is 1.46. The van der Waals surface area contributed by atoms with Crippen molar-refractivity contribution in [3.8, 4) is 0 Å². The van der Waals surface area contributed by atoms with Crippen LogP contribution in [0.2, 0.25) is 0 Å². The molecule has 0 aliphatic heterocycles. The van der Waals surface area contributed by atoms with E-state index in [0.29, 0.717) is 18.1 Å². The van der Waals surface area contributed by atoms with E-state index in [2.05, 4.69) is 20.8 Å². The van der Waals surface area contributed by atoms with Crippen LogP contribution < -0.4 is 10.6 Å². The zero-order valence-corrected chi connectivity index (χ0v) is 10.1. The first-order valence-corrected chi connectivity index (χ1v) is 5.63. The number of hydrogen-bond donors (Lipinski definition) is 2. The quantitative estimate of drug-likeness (QED) is 0.851. The second-order valence-electron chi connectivity index (χ2n) is 3.72. The normalized spacial score (nSPS) is 9.83. The van der Waals surface area contributed by atoms with E-state index in [0.717, 1.165) is 5.56 Å². The van der Waals surface area contributed by atoms with Gasteiger partial charge >= 0.3 is 0 Å². The van der Waals surface area contributed by atoms with Gasteiger partial charge in [0.05, 0.1) is 0 Å². The number of carbonyl (C=O) groups excluding carboxylic acids is 1. The smallest absolute Gasteiger partial charge is 0.271 e. The highest BCUT2D eigenvalue weighted by atomic mass is 16.1. The molecule has 0 atom stereocenters. The highest BCUT2D eigenvalue weighted by Gasteiger charge is 2.04. The molecule has 0 fully saturated rings. The standard InChI is InChI=1S/C13H14N4O/c1-14-13(18)11-7-8-12(17-16-11)15-9-10-5-3-2-4-6-10/h2-8H,9H2,1H3,(H,14,18)(H,15,17). The summed E-state index contributed by atoms with van der Waals surface area (Å²) in [6, 6.07) is 13.4. The van der Waals surface area contributed by atoms with Gasteiger partial charge in [-0.25, -0.2) is 0 Å². The second kappa shape index (κ2) is 5.77. The van der Waals surface area contributed by atoms with E-state index < -0.39 is 0 Å². The number of aromatic nitrogens is 2. The lowest BCUT2D eigenvalue weighted by atomic mass is 10.2. The Labute approximate surface area is 105 Å². The van der Waals surface area contributed by atoms with Gasteiger partial charge in [0, 0.05) is 13.6 Å². The highest BCUT2D eigenvalue weighted by molar-refractivity contribution is 5.91. The lowest BCUT2D eigenvalue weighted by molar-refractivity contribution is 0.0957. The Bertz CT molecular complexity index is 510. The molecule has 2 aromatic rings. The van der Waals surface area contributed by atoms with Gasteiger partial charge in [-0.3, -0.25) is 4.79 Å². The van der Waals surface area contributed by atoms with Gasteiger partial charge in [0.15, 0.2) is 5.69 Å². The molecule has 0 bridgehead atoms. The minimum atomic E-state index is -0.239. The lowest BCUT2D eigenvalue weighted by Gasteiger charge is -2.05. The van der Waals surface area contributed by atoms with E-state index in [9.17, 15) is 4.79 Å². The summed E-state index contributed by atoms with van der Waals surface area (Å²) in [5.41, 5.74) is 1.47. The number of rotatable bonds is 4. The average molecular weight is 242 g/mol. The molecule has 1 amide bonds. The minimum Gasteiger partial charge on any atom is -0.365 e. The number of nitrogens with one attached hydrogen (secondary N) is 2. The van der Waals surface area contributed by atoms with E-state index >= 15 is 0 Å². The van der Waals surface area contributed by atoms with Gasteiger partial charge in [0.25, 0.3) is 5.91 Å². The maximum absolute atomic E-state index is 11.3. The first kappa shape index (κ1) is 12.0. The van der Waals surface area contributed by atoms with Gasteiger partial charge in [-0.2, -0.15) is 0 Å². The molecule has 0 aliphatic rings. The Morgan fingerprint density at radius 1 is 1.11 bits per heavy atom. The summed E-state index contributed by atoms with van der Waals surface area (Å²) in [5, 5.41) is 13.4. The van der Waals surface area contributed by atoms with Gasteiger partial charge < -0.3 is 10.6 Å². The Morgan fingerprint density at radius 3 is 2.50 bits per heavy atom. The number of hydrogen-bond acceptors (Lipinski definition) is 4. The van der Waals surface area contributed by atoms with Crippen molar-refractivity contribution in [1.82, 2.24) is 15.5 Å². The van der Waals surface area contributed by atoms with Crippen LogP contribution in [0.25, 0.3) is 0 Å². The van der Waals surface area contributed by atoms with Gasteiger partial charge in [-0.1, -0.05) is 30.3 Å². The first-order chi connectivity index (χ1) is 8.79. The van der Waals surface area contributed by atoms with Gasteiger partial charge in [0.2, 0.25) is 0 Å². The van der Waals surface area contributed by atoms with Crippen molar-refractivity contribution in [2.45, 2.75) is 6.54 Å². The summed E-state index contributed by atoms with van der Waals surface area (Å²) in [7, 11) is 1.56. The monoisotopic (exact) mass is 242 g/mol. The van der Waals surface area contributed by atoms with Crippen LogP contribution in [-0.2, 0) is 6.54 Å². The molecule has 0 aliphatic carbocycles. The van der Waals surface area contributed by atoms with E-state index in [4.69, 9.17) is 0 Å². The van der Waals surface area contributed by atoms with E-state index in [-0.39, 0.29) is 5.91 Å². The van der Waals surface area contributed by atoms with Crippen molar-refractivity contribution in [1.29, 1.82) is 0 Å². The van der Waals surface area contributed by atoms with Crippen molar-refractivity contribution < 1.29 is 4.79 Å². The predicted octanol–water partition coefficient (Wildman–Crippen LogP) is 1.45. The molecule has 1 aromatic carbocycles. The molecule has 2 N–H and O–H groups in total. The van der Waals surface area contributed by atoms with Crippen LogP contribution in [0.1, 0.15) is 16.1 Å². The number of nitrogens with zero attached hydrogens (tertiary/aromatic N) is 2. The number of benzene rings is 1. The van der Waals surface area contributed by atoms with E-state index in [1.807, 2.05) is 30.3 Å². The van der Waals surface area contributed by atoms with Gasteiger partial charge in [-0.05, 0) is 17.7 Å². The molecule has 0 radical (unpaired) electrons. The summed E-state index contributed by atoms with van der Waals surface area (Å²) in [5.74, 6) is 0.406. The summed E-state index contributed by atoms with van der Waals surface area (Å²) in [6.45, 7) is 0.675. The predicted molar refractivity (Wildman–Crippen MR) is 69.2 cm³/mol. The molecule has 1 aromatic heterocycles. The molecule has 2 rings (SSSR count). The third-order valence-electron chi connectivity index (χ3n) is 2.44. The van der Waals surface area contributed by atoms with Crippen LogP contribution in [-0.4, -0.2) is 23.2 Å². The van der Waals surface area contributed by atoms with Crippen molar-refractivity contribution in [3.63, 3.8) is 0 Å². The Balaban J connectivity index is 1.97. The first-order valence-electron chi connectivity index (χ1n) is 5.63. The Morgan fingerprint density at radius 2 is 1.89 bits per heavy atom. The molecule has 0 saturated carbocycles. The third kappa shape index (κ3) is 3.04. The molecule has 5 nitrogen and oxygen atoms in total. The molecule has 5 heteroatoms. The fourth-order valence-electron chi connectivity index (χ4n) is 1.46.